The molecule has 0 spiro atoms. The zero-order valence-corrected chi connectivity index (χ0v) is 15.1. The summed E-state index contributed by atoms with van der Waals surface area (Å²) in [6.45, 7) is 5.45. The molecule has 3 aromatic rings. The van der Waals surface area contributed by atoms with E-state index in [2.05, 4.69) is 9.97 Å². The van der Waals surface area contributed by atoms with Gasteiger partial charge < -0.3 is 4.74 Å². The lowest BCUT2D eigenvalue weighted by atomic mass is 10.2. The fourth-order valence-corrected chi connectivity index (χ4v) is 3.22. The quantitative estimate of drug-likeness (QED) is 0.611. The molecule has 0 radical (unpaired) electrons. The zero-order chi connectivity index (χ0) is 17.3. The van der Waals surface area contributed by atoms with Gasteiger partial charge in [-0.2, -0.15) is 0 Å². The van der Waals surface area contributed by atoms with Crippen molar-refractivity contribution in [2.24, 2.45) is 0 Å². The molecule has 5 nitrogen and oxygen atoms in total. The van der Waals surface area contributed by atoms with Crippen LogP contribution in [-0.2, 0) is 4.74 Å². The Morgan fingerprint density at radius 2 is 1.96 bits per heavy atom. The maximum atomic E-state index is 12.9. The Morgan fingerprint density at radius 3 is 2.67 bits per heavy atom. The second-order valence-corrected chi connectivity index (χ2v) is 7.42. The number of amides is 1. The number of para-hydroxylation sites is 1. The van der Waals surface area contributed by atoms with Gasteiger partial charge in [0, 0.05) is 0 Å². The number of hydrogen-bond donors (Lipinski definition) is 0. The number of carbonyl (C=O) groups is 1. The van der Waals surface area contributed by atoms with Gasteiger partial charge in [0.05, 0.1) is 20.9 Å². The van der Waals surface area contributed by atoms with Gasteiger partial charge in [-0.3, -0.25) is 0 Å². The molecule has 0 N–H and O–H groups in total. The molecule has 0 aliphatic heterocycles. The molecule has 3 rings (SSSR count). The highest BCUT2D eigenvalue weighted by molar-refractivity contribution is 7.17. The third-order valence-corrected chi connectivity index (χ3v) is 4.32. The van der Waals surface area contributed by atoms with Crippen LogP contribution < -0.4 is 4.90 Å². The van der Waals surface area contributed by atoms with E-state index in [1.807, 2.05) is 38.3 Å². The van der Waals surface area contributed by atoms with Crippen molar-refractivity contribution in [3.05, 3.63) is 47.1 Å². The van der Waals surface area contributed by atoms with Crippen LogP contribution in [-0.4, -0.2) is 21.7 Å². The smallest absolute Gasteiger partial charge is 0.420 e. The van der Waals surface area contributed by atoms with E-state index < -0.39 is 11.7 Å². The summed E-state index contributed by atoms with van der Waals surface area (Å²) in [5.41, 5.74) is 0.644. The molecule has 7 heteroatoms. The molecule has 0 saturated carbocycles. The van der Waals surface area contributed by atoms with E-state index in [1.165, 1.54) is 22.6 Å². The standard InChI is InChI=1S/C17H16ClN3O2S/c1-17(2,3)23-16(22)21(13-7-5-4-6-11(13)18)15-14-12(8-9-24-14)19-10-20-15/h4-10H,1-3H3. The van der Waals surface area contributed by atoms with Crippen LogP contribution in [0.5, 0.6) is 0 Å². The number of thiophene rings is 1. The number of rotatable bonds is 2. The van der Waals surface area contributed by atoms with E-state index >= 15 is 0 Å². The number of anilines is 2. The highest BCUT2D eigenvalue weighted by atomic mass is 35.5. The molecule has 0 aliphatic carbocycles. The fourth-order valence-electron chi connectivity index (χ4n) is 2.17. The van der Waals surface area contributed by atoms with Crippen molar-refractivity contribution in [1.82, 2.24) is 9.97 Å². The van der Waals surface area contributed by atoms with Crippen LogP contribution in [0.25, 0.3) is 10.2 Å². The average Bonchev–Trinajstić information content (AvgIpc) is 2.97. The predicted molar refractivity (Wildman–Crippen MR) is 97.2 cm³/mol. The fraction of sp³-hybridized carbons (Fsp3) is 0.235. The second kappa shape index (κ2) is 6.37. The molecular formula is C17H16ClN3O2S. The molecule has 1 amide bonds. The second-order valence-electron chi connectivity index (χ2n) is 6.10. The summed E-state index contributed by atoms with van der Waals surface area (Å²) in [7, 11) is 0. The summed E-state index contributed by atoms with van der Waals surface area (Å²) < 4.78 is 6.36. The zero-order valence-electron chi connectivity index (χ0n) is 13.5. The lowest BCUT2D eigenvalue weighted by Crippen LogP contribution is -2.34. The lowest BCUT2D eigenvalue weighted by Gasteiger charge is -2.27. The number of nitrogens with zero attached hydrogens (tertiary/aromatic N) is 3. The third kappa shape index (κ3) is 3.34. The van der Waals surface area contributed by atoms with Crippen LogP contribution in [0, 0.1) is 0 Å². The van der Waals surface area contributed by atoms with Crippen molar-refractivity contribution < 1.29 is 9.53 Å². The molecule has 24 heavy (non-hydrogen) atoms. The van der Waals surface area contributed by atoms with Gasteiger partial charge in [0.1, 0.15) is 11.9 Å². The van der Waals surface area contributed by atoms with Crippen molar-refractivity contribution >= 4 is 50.8 Å². The Balaban J connectivity index is 2.17. The minimum absolute atomic E-state index is 0.437. The minimum atomic E-state index is -0.641. The molecule has 124 valence electrons. The summed E-state index contributed by atoms with van der Waals surface area (Å²) in [5, 5.41) is 2.34. The number of hydrogen-bond acceptors (Lipinski definition) is 5. The summed E-state index contributed by atoms with van der Waals surface area (Å²) >= 11 is 7.78. The van der Waals surface area contributed by atoms with Crippen LogP contribution in [0.1, 0.15) is 20.8 Å². The molecular weight excluding hydrogens is 346 g/mol. The van der Waals surface area contributed by atoms with E-state index in [0.29, 0.717) is 16.5 Å². The highest BCUT2D eigenvalue weighted by Crippen LogP contribution is 2.37. The van der Waals surface area contributed by atoms with Crippen LogP contribution in [0.2, 0.25) is 5.02 Å². The van der Waals surface area contributed by atoms with Gasteiger partial charge in [-0.05, 0) is 44.4 Å². The number of aromatic nitrogens is 2. The van der Waals surface area contributed by atoms with Crippen molar-refractivity contribution in [3.63, 3.8) is 0 Å². The minimum Gasteiger partial charge on any atom is -0.443 e. The van der Waals surface area contributed by atoms with Crippen molar-refractivity contribution in [2.75, 3.05) is 4.90 Å². The summed E-state index contributed by atoms with van der Waals surface area (Å²) in [4.78, 5) is 22.8. The largest absolute Gasteiger partial charge is 0.443 e. The van der Waals surface area contributed by atoms with Gasteiger partial charge in [0.2, 0.25) is 0 Å². The van der Waals surface area contributed by atoms with E-state index in [9.17, 15) is 4.79 Å². The number of carbonyl (C=O) groups excluding carboxylic acids is 1. The SMILES string of the molecule is CC(C)(C)OC(=O)N(c1ccccc1Cl)c1ncnc2ccsc12. The first kappa shape index (κ1) is 16.7. The monoisotopic (exact) mass is 361 g/mol. The summed E-state index contributed by atoms with van der Waals surface area (Å²) in [5.74, 6) is 0.456. The Labute approximate surface area is 148 Å². The Bertz CT molecular complexity index is 889. The molecule has 0 atom stereocenters. The third-order valence-electron chi connectivity index (χ3n) is 3.11. The van der Waals surface area contributed by atoms with Crippen LogP contribution >= 0.6 is 22.9 Å². The van der Waals surface area contributed by atoms with Crippen molar-refractivity contribution in [2.45, 2.75) is 26.4 Å². The molecule has 2 heterocycles. The average molecular weight is 362 g/mol. The van der Waals surface area contributed by atoms with Crippen LogP contribution in [0.3, 0.4) is 0 Å². The maximum Gasteiger partial charge on any atom is 0.420 e. The molecule has 0 unspecified atom stereocenters. The molecule has 0 saturated heterocycles. The van der Waals surface area contributed by atoms with E-state index in [0.717, 1.165) is 10.2 Å². The van der Waals surface area contributed by atoms with E-state index in [1.54, 1.807) is 18.2 Å². The molecule has 0 fully saturated rings. The van der Waals surface area contributed by atoms with Gasteiger partial charge in [-0.15, -0.1) is 11.3 Å². The number of benzene rings is 1. The Morgan fingerprint density at radius 1 is 1.21 bits per heavy atom. The van der Waals surface area contributed by atoms with Gasteiger partial charge in [-0.25, -0.2) is 19.7 Å². The molecule has 0 aliphatic rings. The van der Waals surface area contributed by atoms with Gasteiger partial charge in [0.25, 0.3) is 0 Å². The number of fused-ring (bicyclic) bond motifs is 1. The Kier molecular flexibility index (Phi) is 4.43. The van der Waals surface area contributed by atoms with Crippen molar-refractivity contribution in [1.29, 1.82) is 0 Å². The lowest BCUT2D eigenvalue weighted by molar-refractivity contribution is 0.0598. The number of ether oxygens (including phenoxy) is 1. The first-order valence-electron chi connectivity index (χ1n) is 7.32. The molecule has 1 aromatic carbocycles. The predicted octanol–water partition coefficient (Wildman–Crippen LogP) is 5.42. The Hall–Kier alpha value is -2.18. The number of halogens is 1. The van der Waals surface area contributed by atoms with Crippen LogP contribution in [0.4, 0.5) is 16.3 Å². The first-order valence-corrected chi connectivity index (χ1v) is 8.58. The normalized spacial score (nSPS) is 11.5. The van der Waals surface area contributed by atoms with Crippen LogP contribution in [0.15, 0.2) is 42.0 Å². The van der Waals surface area contributed by atoms with Gasteiger partial charge in [0.15, 0.2) is 5.82 Å². The summed E-state index contributed by atoms with van der Waals surface area (Å²) in [6, 6.07) is 8.98. The first-order chi connectivity index (χ1) is 11.4. The van der Waals surface area contributed by atoms with Crippen molar-refractivity contribution in [3.8, 4) is 0 Å². The van der Waals surface area contributed by atoms with E-state index in [4.69, 9.17) is 16.3 Å². The highest BCUT2D eigenvalue weighted by Gasteiger charge is 2.29. The van der Waals surface area contributed by atoms with Gasteiger partial charge in [-0.1, -0.05) is 23.7 Å². The summed E-state index contributed by atoms with van der Waals surface area (Å²) in [6.07, 6.45) is 0.891. The molecule has 2 aromatic heterocycles. The van der Waals surface area contributed by atoms with E-state index in [-0.39, 0.29) is 0 Å². The maximum absolute atomic E-state index is 12.9. The molecule has 0 bridgehead atoms. The van der Waals surface area contributed by atoms with Gasteiger partial charge >= 0.3 is 6.09 Å². The topological polar surface area (TPSA) is 55.3 Å².